The third-order valence-corrected chi connectivity index (χ3v) is 4.66. The summed E-state index contributed by atoms with van der Waals surface area (Å²) in [6.45, 7) is -0.170. The van der Waals surface area contributed by atoms with Crippen molar-refractivity contribution in [2.75, 3.05) is 33.1 Å². The normalized spacial score (nSPS) is 23.5. The van der Waals surface area contributed by atoms with E-state index in [1.165, 1.54) is 38.5 Å². The summed E-state index contributed by atoms with van der Waals surface area (Å²) in [4.78, 5) is 0. The topological polar surface area (TPSA) is 83.1 Å². The quantitative estimate of drug-likeness (QED) is 0.662. The summed E-state index contributed by atoms with van der Waals surface area (Å²) in [6.07, 6.45) is 2.64. The number of halogens is 1. The first kappa shape index (κ1) is 18.8. The SMILES string of the molecule is COC1C=CC(CNS(=O)(=O)CCOc2ccc(F)cc2)(OC)O1. The van der Waals surface area contributed by atoms with Crippen LogP contribution in [0.2, 0.25) is 0 Å². The van der Waals surface area contributed by atoms with Crippen LogP contribution >= 0.6 is 0 Å². The Kier molecular flexibility index (Phi) is 6.30. The monoisotopic (exact) mass is 361 g/mol. The van der Waals surface area contributed by atoms with Crippen LogP contribution in [0, 0.1) is 5.82 Å². The minimum Gasteiger partial charge on any atom is -0.492 e. The summed E-state index contributed by atoms with van der Waals surface area (Å²) in [5.74, 6) is -1.46. The van der Waals surface area contributed by atoms with Gasteiger partial charge in [0, 0.05) is 14.2 Å². The third kappa shape index (κ3) is 5.25. The lowest BCUT2D eigenvalue weighted by Gasteiger charge is -2.27. The molecule has 1 aliphatic heterocycles. The van der Waals surface area contributed by atoms with Crippen molar-refractivity contribution >= 4 is 10.0 Å². The Balaban J connectivity index is 1.81. The summed E-state index contributed by atoms with van der Waals surface area (Å²) in [6, 6.07) is 5.33. The van der Waals surface area contributed by atoms with Crippen molar-refractivity contribution in [3.8, 4) is 5.75 Å². The molecule has 1 aromatic rings. The Morgan fingerprint density at radius 2 is 2.00 bits per heavy atom. The number of benzene rings is 1. The summed E-state index contributed by atoms with van der Waals surface area (Å²) in [5, 5.41) is 0. The van der Waals surface area contributed by atoms with Crippen LogP contribution in [0.1, 0.15) is 0 Å². The molecule has 0 fully saturated rings. The summed E-state index contributed by atoms with van der Waals surface area (Å²) in [5.41, 5.74) is 0. The molecule has 0 aliphatic carbocycles. The lowest BCUT2D eigenvalue weighted by atomic mass is 10.3. The molecule has 1 aromatic carbocycles. The van der Waals surface area contributed by atoms with Crippen molar-refractivity contribution in [2.45, 2.75) is 12.1 Å². The molecule has 0 spiro atoms. The smallest absolute Gasteiger partial charge is 0.215 e. The summed E-state index contributed by atoms with van der Waals surface area (Å²) < 4.78 is 60.2. The van der Waals surface area contributed by atoms with Gasteiger partial charge in [-0.3, -0.25) is 0 Å². The fourth-order valence-corrected chi connectivity index (χ4v) is 2.87. The van der Waals surface area contributed by atoms with E-state index in [1.807, 2.05) is 0 Å². The molecule has 134 valence electrons. The van der Waals surface area contributed by atoms with Gasteiger partial charge in [0.15, 0.2) is 6.29 Å². The fourth-order valence-electron chi connectivity index (χ4n) is 2.00. The Morgan fingerprint density at radius 3 is 2.58 bits per heavy atom. The number of methoxy groups -OCH3 is 2. The molecule has 2 rings (SSSR count). The van der Waals surface area contributed by atoms with E-state index in [-0.39, 0.29) is 24.7 Å². The van der Waals surface area contributed by atoms with Gasteiger partial charge in [0.2, 0.25) is 15.8 Å². The zero-order chi connectivity index (χ0) is 17.6. The van der Waals surface area contributed by atoms with E-state index in [2.05, 4.69) is 4.72 Å². The van der Waals surface area contributed by atoms with E-state index in [1.54, 1.807) is 12.2 Å². The maximum Gasteiger partial charge on any atom is 0.215 e. The molecule has 1 heterocycles. The molecule has 2 atom stereocenters. The molecule has 1 aliphatic rings. The van der Waals surface area contributed by atoms with E-state index in [9.17, 15) is 12.8 Å². The van der Waals surface area contributed by atoms with Gasteiger partial charge in [-0.05, 0) is 36.4 Å². The molecule has 0 radical (unpaired) electrons. The average Bonchev–Trinajstić information content (AvgIpc) is 2.99. The zero-order valence-electron chi connectivity index (χ0n) is 13.4. The maximum absolute atomic E-state index is 12.8. The van der Waals surface area contributed by atoms with Gasteiger partial charge in [-0.1, -0.05) is 0 Å². The fraction of sp³-hybridized carbons (Fsp3) is 0.467. The number of hydrogen-bond acceptors (Lipinski definition) is 6. The van der Waals surface area contributed by atoms with Crippen molar-refractivity contribution in [1.82, 2.24) is 4.72 Å². The number of sulfonamides is 1. The molecule has 0 saturated heterocycles. The van der Waals surface area contributed by atoms with Gasteiger partial charge in [-0.15, -0.1) is 0 Å². The lowest BCUT2D eigenvalue weighted by molar-refractivity contribution is -0.237. The van der Waals surface area contributed by atoms with E-state index in [0.29, 0.717) is 5.75 Å². The highest BCUT2D eigenvalue weighted by atomic mass is 32.2. The van der Waals surface area contributed by atoms with Crippen LogP contribution < -0.4 is 9.46 Å². The van der Waals surface area contributed by atoms with E-state index >= 15 is 0 Å². The van der Waals surface area contributed by atoms with Gasteiger partial charge in [-0.2, -0.15) is 0 Å². The van der Waals surface area contributed by atoms with Crippen LogP contribution in [0.4, 0.5) is 4.39 Å². The Labute approximate surface area is 140 Å². The average molecular weight is 361 g/mol. The van der Waals surface area contributed by atoms with Crippen LogP contribution in [-0.2, 0) is 24.2 Å². The first-order valence-electron chi connectivity index (χ1n) is 7.19. The molecule has 1 N–H and O–H groups in total. The minimum atomic E-state index is -3.60. The lowest BCUT2D eigenvalue weighted by Crippen LogP contribution is -2.45. The van der Waals surface area contributed by atoms with Crippen LogP contribution in [0.3, 0.4) is 0 Å². The van der Waals surface area contributed by atoms with Crippen molar-refractivity contribution in [3.05, 3.63) is 42.2 Å². The molecular formula is C15H20FNO6S. The second kappa shape index (κ2) is 8.04. The summed E-state index contributed by atoms with van der Waals surface area (Å²) in [7, 11) is -0.723. The summed E-state index contributed by atoms with van der Waals surface area (Å²) >= 11 is 0. The highest BCUT2D eigenvalue weighted by Crippen LogP contribution is 2.24. The molecule has 0 saturated carbocycles. The van der Waals surface area contributed by atoms with Gasteiger partial charge in [0.05, 0.1) is 12.3 Å². The van der Waals surface area contributed by atoms with E-state index in [0.717, 1.165) is 0 Å². The molecule has 0 bridgehead atoms. The van der Waals surface area contributed by atoms with E-state index in [4.69, 9.17) is 18.9 Å². The minimum absolute atomic E-state index is 0.0711. The van der Waals surface area contributed by atoms with Crippen molar-refractivity contribution in [2.24, 2.45) is 0 Å². The molecule has 0 amide bonds. The molecule has 7 nitrogen and oxygen atoms in total. The second-order valence-electron chi connectivity index (χ2n) is 5.04. The molecule has 9 heteroatoms. The van der Waals surface area contributed by atoms with Gasteiger partial charge < -0.3 is 18.9 Å². The molecule has 0 aromatic heterocycles. The standard InChI is InChI=1S/C15H20FNO6S/c1-20-14-7-8-15(21-2,23-14)11-17-24(18,19)10-9-22-13-5-3-12(16)4-6-13/h3-8,14,17H,9-11H2,1-2H3. The molecular weight excluding hydrogens is 341 g/mol. The van der Waals surface area contributed by atoms with Crippen molar-refractivity contribution < 1.29 is 31.8 Å². The second-order valence-corrected chi connectivity index (χ2v) is 6.97. The van der Waals surface area contributed by atoms with Crippen LogP contribution in [0.5, 0.6) is 5.75 Å². The highest BCUT2D eigenvalue weighted by molar-refractivity contribution is 7.89. The highest BCUT2D eigenvalue weighted by Gasteiger charge is 2.36. The third-order valence-electron chi connectivity index (χ3n) is 3.37. The number of nitrogens with one attached hydrogen (secondary N) is 1. The zero-order valence-corrected chi connectivity index (χ0v) is 14.2. The van der Waals surface area contributed by atoms with Gasteiger partial charge >= 0.3 is 0 Å². The van der Waals surface area contributed by atoms with Gasteiger partial charge in [-0.25, -0.2) is 17.5 Å². The van der Waals surface area contributed by atoms with Crippen molar-refractivity contribution in [3.63, 3.8) is 0 Å². The van der Waals surface area contributed by atoms with Crippen LogP contribution in [-0.4, -0.2) is 53.6 Å². The maximum atomic E-state index is 12.8. The molecule has 24 heavy (non-hydrogen) atoms. The van der Waals surface area contributed by atoms with Gasteiger partial charge in [0.25, 0.3) is 0 Å². The van der Waals surface area contributed by atoms with Gasteiger partial charge in [0.1, 0.15) is 18.2 Å². The number of rotatable bonds is 9. The number of ether oxygens (including phenoxy) is 4. The van der Waals surface area contributed by atoms with Crippen LogP contribution in [0.25, 0.3) is 0 Å². The first-order chi connectivity index (χ1) is 11.4. The van der Waals surface area contributed by atoms with E-state index < -0.39 is 22.1 Å². The predicted molar refractivity (Wildman–Crippen MR) is 84.4 cm³/mol. The van der Waals surface area contributed by atoms with Crippen LogP contribution in [0.15, 0.2) is 36.4 Å². The first-order valence-corrected chi connectivity index (χ1v) is 8.84. The largest absolute Gasteiger partial charge is 0.492 e. The van der Waals surface area contributed by atoms with Crippen molar-refractivity contribution in [1.29, 1.82) is 0 Å². The Morgan fingerprint density at radius 1 is 1.29 bits per heavy atom. The molecule has 2 unspecified atom stereocenters. The predicted octanol–water partition coefficient (Wildman–Crippen LogP) is 1.03. The Hall–Kier alpha value is -1.52. The Bertz CT molecular complexity index is 663. The number of hydrogen-bond donors (Lipinski definition) is 1.